The molecule has 3 rings (SSSR count). The van der Waals surface area contributed by atoms with Crippen molar-refractivity contribution in [3.05, 3.63) is 45.4 Å². The Kier molecular flexibility index (Phi) is 3.57. The van der Waals surface area contributed by atoms with Crippen LogP contribution in [0.15, 0.2) is 22.7 Å². The number of carboxylic acids is 1. The van der Waals surface area contributed by atoms with Gasteiger partial charge in [-0.05, 0) is 53.2 Å². The summed E-state index contributed by atoms with van der Waals surface area (Å²) in [5.74, 6) is -0.977. The summed E-state index contributed by atoms with van der Waals surface area (Å²) in [4.78, 5) is 11.4. The highest BCUT2D eigenvalue weighted by Crippen LogP contribution is 2.32. The Balaban J connectivity index is 2.22. The molecule has 0 saturated heterocycles. The van der Waals surface area contributed by atoms with Gasteiger partial charge in [0.25, 0.3) is 0 Å². The van der Waals surface area contributed by atoms with Gasteiger partial charge in [0.1, 0.15) is 5.82 Å². The molecule has 6 heteroatoms. The molecule has 0 saturated carbocycles. The van der Waals surface area contributed by atoms with Crippen LogP contribution in [0.25, 0.3) is 5.69 Å². The molecule has 0 spiro atoms. The average molecular weight is 353 g/mol. The molecule has 1 N–H and O–H groups in total. The van der Waals surface area contributed by atoms with Crippen LogP contribution < -0.4 is 0 Å². The van der Waals surface area contributed by atoms with Crippen molar-refractivity contribution in [1.82, 2.24) is 9.78 Å². The van der Waals surface area contributed by atoms with Gasteiger partial charge < -0.3 is 5.11 Å². The summed E-state index contributed by atoms with van der Waals surface area (Å²) in [7, 11) is 0. The smallest absolute Gasteiger partial charge is 0.356 e. The number of aromatic carboxylic acids is 1. The predicted octanol–water partition coefficient (Wildman–Crippen LogP) is 3.60. The minimum absolute atomic E-state index is 0.0766. The van der Waals surface area contributed by atoms with Crippen LogP contribution in [-0.4, -0.2) is 20.9 Å². The molecule has 1 unspecified atom stereocenters. The van der Waals surface area contributed by atoms with E-state index >= 15 is 0 Å². The second-order valence-corrected chi connectivity index (χ2v) is 6.29. The number of halogens is 2. The zero-order valence-corrected chi connectivity index (χ0v) is 13.0. The van der Waals surface area contributed by atoms with Gasteiger partial charge in [-0.2, -0.15) is 5.10 Å². The quantitative estimate of drug-likeness (QED) is 0.898. The van der Waals surface area contributed by atoms with Gasteiger partial charge in [-0.1, -0.05) is 6.92 Å². The van der Waals surface area contributed by atoms with E-state index < -0.39 is 5.97 Å². The minimum atomic E-state index is -1.04. The fourth-order valence-corrected chi connectivity index (χ4v) is 3.22. The summed E-state index contributed by atoms with van der Waals surface area (Å²) < 4.78 is 15.8. The summed E-state index contributed by atoms with van der Waals surface area (Å²) >= 11 is 3.38. The third-order valence-electron chi connectivity index (χ3n) is 3.86. The lowest BCUT2D eigenvalue weighted by molar-refractivity contribution is 0.0688. The van der Waals surface area contributed by atoms with Gasteiger partial charge in [0.15, 0.2) is 5.69 Å². The highest BCUT2D eigenvalue weighted by atomic mass is 79.9. The maximum absolute atomic E-state index is 13.5. The molecule has 1 heterocycles. The summed E-state index contributed by atoms with van der Waals surface area (Å²) in [6, 6.07) is 4.31. The Morgan fingerprint density at radius 2 is 2.29 bits per heavy atom. The van der Waals surface area contributed by atoms with Crippen LogP contribution in [0, 0.1) is 11.7 Å². The Labute approximate surface area is 129 Å². The molecule has 0 bridgehead atoms. The van der Waals surface area contributed by atoms with Crippen molar-refractivity contribution in [2.75, 3.05) is 0 Å². The fraction of sp³-hybridized carbons (Fsp3) is 0.333. The van der Waals surface area contributed by atoms with Crippen LogP contribution in [0.1, 0.15) is 35.1 Å². The van der Waals surface area contributed by atoms with E-state index in [1.807, 2.05) is 0 Å². The van der Waals surface area contributed by atoms with E-state index in [9.17, 15) is 14.3 Å². The van der Waals surface area contributed by atoms with E-state index in [1.54, 1.807) is 10.7 Å². The number of hydrogen-bond donors (Lipinski definition) is 1. The monoisotopic (exact) mass is 352 g/mol. The molecule has 1 aliphatic carbocycles. The van der Waals surface area contributed by atoms with E-state index in [1.165, 1.54) is 12.1 Å². The van der Waals surface area contributed by atoms with Crippen molar-refractivity contribution in [2.24, 2.45) is 5.92 Å². The normalized spacial score (nSPS) is 17.6. The first-order valence-corrected chi connectivity index (χ1v) is 7.56. The molecule has 1 aromatic carbocycles. The molecular weight excluding hydrogens is 339 g/mol. The van der Waals surface area contributed by atoms with Gasteiger partial charge in [-0.25, -0.2) is 13.9 Å². The number of hydrogen-bond acceptors (Lipinski definition) is 2. The first kappa shape index (κ1) is 14.3. The summed E-state index contributed by atoms with van der Waals surface area (Å²) in [6.45, 7) is 2.10. The fourth-order valence-electron chi connectivity index (χ4n) is 2.81. The van der Waals surface area contributed by atoms with E-state index in [0.717, 1.165) is 24.1 Å². The molecule has 110 valence electrons. The third kappa shape index (κ3) is 2.48. The number of rotatable bonds is 2. The van der Waals surface area contributed by atoms with Gasteiger partial charge in [0.05, 0.1) is 5.69 Å². The number of nitrogens with zero attached hydrogens (tertiary/aromatic N) is 2. The number of carbonyl (C=O) groups is 1. The average Bonchev–Trinajstić information content (AvgIpc) is 2.80. The van der Waals surface area contributed by atoms with Crippen LogP contribution in [-0.2, 0) is 12.8 Å². The summed E-state index contributed by atoms with van der Waals surface area (Å²) in [5, 5.41) is 13.6. The van der Waals surface area contributed by atoms with Crippen LogP contribution >= 0.6 is 15.9 Å². The highest BCUT2D eigenvalue weighted by Gasteiger charge is 2.28. The van der Waals surface area contributed by atoms with E-state index in [-0.39, 0.29) is 11.5 Å². The van der Waals surface area contributed by atoms with Crippen LogP contribution in [0.2, 0.25) is 0 Å². The Hall–Kier alpha value is -1.69. The SMILES string of the molecule is CC1CCc2c(c(C(=O)O)nn2-c2cc(F)ccc2Br)C1. The molecule has 4 nitrogen and oxygen atoms in total. The zero-order valence-electron chi connectivity index (χ0n) is 11.4. The van der Waals surface area contributed by atoms with Gasteiger partial charge in [-0.3, -0.25) is 0 Å². The predicted molar refractivity (Wildman–Crippen MR) is 79.4 cm³/mol. The second-order valence-electron chi connectivity index (χ2n) is 5.43. The van der Waals surface area contributed by atoms with E-state index in [0.29, 0.717) is 22.5 Å². The first-order valence-electron chi connectivity index (χ1n) is 6.77. The van der Waals surface area contributed by atoms with Crippen molar-refractivity contribution in [3.8, 4) is 5.69 Å². The lowest BCUT2D eigenvalue weighted by Crippen LogP contribution is -2.14. The highest BCUT2D eigenvalue weighted by molar-refractivity contribution is 9.10. The number of benzene rings is 1. The molecule has 0 aliphatic heterocycles. The number of fused-ring (bicyclic) bond motifs is 1. The van der Waals surface area contributed by atoms with Gasteiger partial charge >= 0.3 is 5.97 Å². The molecule has 1 aliphatic rings. The van der Waals surface area contributed by atoms with Crippen LogP contribution in [0.3, 0.4) is 0 Å². The largest absolute Gasteiger partial charge is 0.476 e. The van der Waals surface area contributed by atoms with Crippen molar-refractivity contribution in [2.45, 2.75) is 26.2 Å². The van der Waals surface area contributed by atoms with E-state index in [4.69, 9.17) is 0 Å². The topological polar surface area (TPSA) is 55.1 Å². The summed E-state index contributed by atoms with van der Waals surface area (Å²) in [6.07, 6.45) is 2.42. The van der Waals surface area contributed by atoms with Gasteiger partial charge in [0, 0.05) is 21.8 Å². The number of carboxylic acid groups (broad SMARTS) is 1. The molecule has 1 aromatic heterocycles. The molecule has 0 fully saturated rings. The molecular formula is C15H14BrFN2O2. The lowest BCUT2D eigenvalue weighted by Gasteiger charge is -2.20. The Bertz CT molecular complexity index is 727. The van der Waals surface area contributed by atoms with Gasteiger partial charge in [0.2, 0.25) is 0 Å². The molecule has 1 atom stereocenters. The van der Waals surface area contributed by atoms with Crippen LogP contribution in [0.4, 0.5) is 4.39 Å². The minimum Gasteiger partial charge on any atom is -0.476 e. The molecule has 21 heavy (non-hydrogen) atoms. The lowest BCUT2D eigenvalue weighted by atomic mass is 9.87. The third-order valence-corrected chi connectivity index (χ3v) is 4.53. The maximum Gasteiger partial charge on any atom is 0.356 e. The van der Waals surface area contributed by atoms with Crippen LogP contribution in [0.5, 0.6) is 0 Å². The van der Waals surface area contributed by atoms with E-state index in [2.05, 4.69) is 28.0 Å². The Morgan fingerprint density at radius 3 is 3.00 bits per heavy atom. The van der Waals surface area contributed by atoms with Crippen molar-refractivity contribution in [3.63, 3.8) is 0 Å². The standard InChI is InChI=1S/C15H14BrFN2O2/c1-8-2-5-12-10(6-8)14(15(20)21)18-19(12)13-7-9(17)3-4-11(13)16/h3-4,7-8H,2,5-6H2,1H3,(H,20,21). The summed E-state index contributed by atoms with van der Waals surface area (Å²) in [5.41, 5.74) is 2.26. The Morgan fingerprint density at radius 1 is 1.52 bits per heavy atom. The van der Waals surface area contributed by atoms with Crippen molar-refractivity contribution < 1.29 is 14.3 Å². The zero-order chi connectivity index (χ0) is 15.1. The first-order chi connectivity index (χ1) is 9.97. The molecule has 0 amide bonds. The number of aromatic nitrogens is 2. The van der Waals surface area contributed by atoms with Gasteiger partial charge in [-0.15, -0.1) is 0 Å². The van der Waals surface area contributed by atoms with Crippen molar-refractivity contribution in [1.29, 1.82) is 0 Å². The maximum atomic E-state index is 13.5. The molecule has 0 radical (unpaired) electrons. The second kappa shape index (κ2) is 5.26. The molecule has 2 aromatic rings. The van der Waals surface area contributed by atoms with Crippen molar-refractivity contribution >= 4 is 21.9 Å².